The van der Waals surface area contributed by atoms with E-state index in [-0.39, 0.29) is 5.54 Å². The van der Waals surface area contributed by atoms with Crippen LogP contribution in [-0.4, -0.2) is 32.3 Å². The highest BCUT2D eigenvalue weighted by atomic mass is 16.5. The molecule has 2 aliphatic heterocycles. The molecule has 0 bridgehead atoms. The van der Waals surface area contributed by atoms with Crippen molar-refractivity contribution < 1.29 is 4.74 Å². The topological polar surface area (TPSA) is 24.5 Å². The first-order valence-electron chi connectivity index (χ1n) is 7.82. The van der Waals surface area contributed by atoms with Gasteiger partial charge < -0.3 is 15.0 Å². The van der Waals surface area contributed by atoms with Crippen molar-refractivity contribution in [3.05, 3.63) is 29.3 Å². The summed E-state index contributed by atoms with van der Waals surface area (Å²) in [5.74, 6) is 0. The van der Waals surface area contributed by atoms with Crippen LogP contribution in [0.25, 0.3) is 0 Å². The first-order valence-corrected chi connectivity index (χ1v) is 7.82. The maximum atomic E-state index is 5.61. The predicted octanol–water partition coefficient (Wildman–Crippen LogP) is 2.73. The van der Waals surface area contributed by atoms with Gasteiger partial charge in [0.2, 0.25) is 0 Å². The predicted molar refractivity (Wildman–Crippen MR) is 83.3 cm³/mol. The highest BCUT2D eigenvalue weighted by molar-refractivity contribution is 5.56. The molecule has 1 aromatic rings. The van der Waals surface area contributed by atoms with Gasteiger partial charge in [-0.25, -0.2) is 0 Å². The Balaban J connectivity index is 1.66. The summed E-state index contributed by atoms with van der Waals surface area (Å²) in [6, 6.07) is 6.93. The summed E-state index contributed by atoms with van der Waals surface area (Å²) in [6.07, 6.45) is 4.86. The molecule has 1 fully saturated rings. The van der Waals surface area contributed by atoms with E-state index in [2.05, 4.69) is 42.4 Å². The van der Waals surface area contributed by atoms with E-state index in [0.29, 0.717) is 0 Å². The fourth-order valence-corrected chi connectivity index (χ4v) is 3.34. The Hall–Kier alpha value is -1.06. The lowest BCUT2D eigenvalue weighted by atomic mass is 9.94. The van der Waals surface area contributed by atoms with Crippen LogP contribution < -0.4 is 10.2 Å². The Morgan fingerprint density at radius 3 is 3.05 bits per heavy atom. The lowest BCUT2D eigenvalue weighted by Gasteiger charge is -2.35. The molecule has 3 rings (SSSR count). The third kappa shape index (κ3) is 2.99. The maximum Gasteiger partial charge on any atom is 0.0645 e. The molecule has 2 aliphatic rings. The summed E-state index contributed by atoms with van der Waals surface area (Å²) >= 11 is 0. The van der Waals surface area contributed by atoms with Gasteiger partial charge in [0.25, 0.3) is 0 Å². The number of anilines is 1. The van der Waals surface area contributed by atoms with Gasteiger partial charge >= 0.3 is 0 Å². The van der Waals surface area contributed by atoms with Crippen molar-refractivity contribution in [3.8, 4) is 0 Å². The molecule has 1 aromatic carbocycles. The van der Waals surface area contributed by atoms with Crippen LogP contribution in [0.4, 0.5) is 5.69 Å². The molecule has 1 saturated heterocycles. The molecule has 1 unspecified atom stereocenters. The van der Waals surface area contributed by atoms with Gasteiger partial charge in [-0.1, -0.05) is 12.1 Å². The molecule has 3 nitrogen and oxygen atoms in total. The van der Waals surface area contributed by atoms with E-state index >= 15 is 0 Å². The van der Waals surface area contributed by atoms with Gasteiger partial charge in [0.1, 0.15) is 0 Å². The monoisotopic (exact) mass is 274 g/mol. The fourth-order valence-electron chi connectivity index (χ4n) is 3.34. The number of rotatable bonds is 3. The maximum absolute atomic E-state index is 5.61. The van der Waals surface area contributed by atoms with E-state index in [9.17, 15) is 0 Å². The van der Waals surface area contributed by atoms with Crippen LogP contribution in [-0.2, 0) is 17.7 Å². The summed E-state index contributed by atoms with van der Waals surface area (Å²) < 4.78 is 5.61. The third-order valence-corrected chi connectivity index (χ3v) is 4.65. The van der Waals surface area contributed by atoms with Crippen molar-refractivity contribution in [1.29, 1.82) is 0 Å². The lowest BCUT2D eigenvalue weighted by Crippen LogP contribution is -2.48. The number of fused-ring (bicyclic) bond motifs is 1. The van der Waals surface area contributed by atoms with Gasteiger partial charge in [-0.05, 0) is 49.8 Å². The Labute approximate surface area is 122 Å². The van der Waals surface area contributed by atoms with Gasteiger partial charge in [0, 0.05) is 38.0 Å². The van der Waals surface area contributed by atoms with Gasteiger partial charge in [-0.3, -0.25) is 0 Å². The highest BCUT2D eigenvalue weighted by Gasteiger charge is 2.26. The second-order valence-corrected chi connectivity index (χ2v) is 6.56. The number of hydrogen-bond donors (Lipinski definition) is 1. The van der Waals surface area contributed by atoms with Gasteiger partial charge in [-0.2, -0.15) is 0 Å². The number of aryl methyl sites for hydroxylation is 1. The summed E-state index contributed by atoms with van der Waals surface area (Å²) in [5.41, 5.74) is 4.45. The zero-order valence-electron chi connectivity index (χ0n) is 12.7. The van der Waals surface area contributed by atoms with Crippen molar-refractivity contribution in [2.45, 2.75) is 44.7 Å². The lowest BCUT2D eigenvalue weighted by molar-refractivity contribution is 0.0278. The summed E-state index contributed by atoms with van der Waals surface area (Å²) in [6.45, 7) is 6.15. The molecule has 0 radical (unpaired) electrons. The first-order chi connectivity index (χ1) is 9.66. The molecule has 0 aromatic heterocycles. The van der Waals surface area contributed by atoms with Crippen LogP contribution >= 0.6 is 0 Å². The Morgan fingerprint density at radius 1 is 1.35 bits per heavy atom. The molecule has 0 amide bonds. The van der Waals surface area contributed by atoms with Crippen LogP contribution in [0.5, 0.6) is 0 Å². The minimum absolute atomic E-state index is 0.144. The molecule has 0 saturated carbocycles. The normalized spacial score (nSPS) is 26.4. The largest absolute Gasteiger partial charge is 0.380 e. The molecule has 0 spiro atoms. The van der Waals surface area contributed by atoms with Crippen LogP contribution in [0.1, 0.15) is 37.3 Å². The molecule has 20 heavy (non-hydrogen) atoms. The number of ether oxygens (including phenoxy) is 1. The number of benzene rings is 1. The summed E-state index contributed by atoms with van der Waals surface area (Å²) in [7, 11) is 2.19. The molecule has 1 N–H and O–H groups in total. The number of hydrogen-bond acceptors (Lipinski definition) is 3. The zero-order chi connectivity index (χ0) is 14.0. The molecule has 1 atom stereocenters. The van der Waals surface area contributed by atoms with E-state index in [1.165, 1.54) is 49.0 Å². The molecular formula is C17H26N2O. The Bertz CT molecular complexity index is 466. The zero-order valence-corrected chi connectivity index (χ0v) is 12.7. The van der Waals surface area contributed by atoms with Gasteiger partial charge in [0.15, 0.2) is 0 Å². The summed E-state index contributed by atoms with van der Waals surface area (Å²) in [5, 5.41) is 3.69. The molecule has 2 heterocycles. The van der Waals surface area contributed by atoms with Crippen molar-refractivity contribution >= 4 is 5.69 Å². The van der Waals surface area contributed by atoms with Crippen molar-refractivity contribution in [2.24, 2.45) is 0 Å². The van der Waals surface area contributed by atoms with E-state index in [4.69, 9.17) is 4.74 Å². The van der Waals surface area contributed by atoms with Crippen molar-refractivity contribution in [3.63, 3.8) is 0 Å². The van der Waals surface area contributed by atoms with Gasteiger partial charge in [0.05, 0.1) is 6.61 Å². The van der Waals surface area contributed by atoms with Crippen molar-refractivity contribution in [2.75, 3.05) is 31.7 Å². The molecule has 3 heteroatoms. The minimum atomic E-state index is 0.144. The second-order valence-electron chi connectivity index (χ2n) is 6.56. The number of nitrogens with zero attached hydrogens (tertiary/aromatic N) is 1. The molecule has 110 valence electrons. The van der Waals surface area contributed by atoms with Crippen LogP contribution in [0, 0.1) is 0 Å². The molecular weight excluding hydrogens is 248 g/mol. The molecule has 0 aliphatic carbocycles. The average Bonchev–Trinajstić information content (AvgIpc) is 2.46. The van der Waals surface area contributed by atoms with E-state index in [0.717, 1.165) is 19.8 Å². The second kappa shape index (κ2) is 5.74. The summed E-state index contributed by atoms with van der Waals surface area (Å²) in [4.78, 5) is 2.37. The average molecular weight is 274 g/mol. The van der Waals surface area contributed by atoms with E-state index < -0.39 is 0 Å². The minimum Gasteiger partial charge on any atom is -0.380 e. The van der Waals surface area contributed by atoms with Gasteiger partial charge in [-0.15, -0.1) is 0 Å². The first kappa shape index (κ1) is 13.9. The van der Waals surface area contributed by atoms with E-state index in [1.54, 1.807) is 0 Å². The third-order valence-electron chi connectivity index (χ3n) is 4.65. The van der Waals surface area contributed by atoms with E-state index in [1.807, 2.05) is 0 Å². The van der Waals surface area contributed by atoms with Crippen LogP contribution in [0.2, 0.25) is 0 Å². The van der Waals surface area contributed by atoms with Crippen molar-refractivity contribution in [1.82, 2.24) is 5.32 Å². The fraction of sp³-hybridized carbons (Fsp3) is 0.647. The van der Waals surface area contributed by atoms with Crippen LogP contribution in [0.3, 0.4) is 0 Å². The Morgan fingerprint density at radius 2 is 2.25 bits per heavy atom. The standard InChI is InChI=1S/C17H26N2O/c1-17(8-4-10-20-13-17)18-12-14-6-7-16-15(11-14)5-3-9-19(16)2/h6-7,11,18H,3-5,8-10,12-13H2,1-2H3. The highest BCUT2D eigenvalue weighted by Crippen LogP contribution is 2.27. The number of nitrogens with one attached hydrogen (secondary N) is 1. The SMILES string of the molecule is CN1CCCc2cc(CNC3(C)CCCOC3)ccc21. The van der Waals surface area contributed by atoms with Crippen LogP contribution in [0.15, 0.2) is 18.2 Å². The quantitative estimate of drug-likeness (QED) is 0.917. The smallest absolute Gasteiger partial charge is 0.0645 e. The Kier molecular flexibility index (Phi) is 3.99.